The molecule has 8 heteroatoms. The van der Waals surface area contributed by atoms with Crippen LogP contribution in [0.25, 0.3) is 0 Å². The van der Waals surface area contributed by atoms with Crippen molar-refractivity contribution in [3.8, 4) is 0 Å². The fourth-order valence-electron chi connectivity index (χ4n) is 1.18. The Morgan fingerprint density at radius 1 is 1.22 bits per heavy atom. The summed E-state index contributed by atoms with van der Waals surface area (Å²) in [7, 11) is -3.35. The van der Waals surface area contributed by atoms with Crippen LogP contribution >= 0.6 is 0 Å². The summed E-state index contributed by atoms with van der Waals surface area (Å²) >= 11 is 0. The number of carbonyl (C=O) groups is 2. The molecule has 0 bridgehead atoms. The summed E-state index contributed by atoms with van der Waals surface area (Å²) in [6.45, 7) is 3.98. The largest absolute Gasteiger partial charge is 0.480 e. The Hall–Kier alpha value is -1.15. The minimum atomic E-state index is -3.35. The highest BCUT2D eigenvalue weighted by molar-refractivity contribution is 7.92. The highest BCUT2D eigenvalue weighted by Gasteiger charge is 2.29. The van der Waals surface area contributed by atoms with E-state index in [4.69, 9.17) is 10.8 Å². The fourth-order valence-corrected chi connectivity index (χ4v) is 2.29. The minimum absolute atomic E-state index is 0.0329. The Balaban J connectivity index is 4.62. The van der Waals surface area contributed by atoms with Gasteiger partial charge in [-0.15, -0.1) is 0 Å². The first kappa shape index (κ1) is 16.9. The summed E-state index contributed by atoms with van der Waals surface area (Å²) in [6.07, 6.45) is 0. The fraction of sp³-hybridized carbons (Fsp3) is 0.800. The highest BCUT2D eigenvalue weighted by atomic mass is 32.2. The predicted molar refractivity (Wildman–Crippen MR) is 66.8 cm³/mol. The zero-order valence-electron chi connectivity index (χ0n) is 10.8. The molecular formula is C10H20N2O5S. The van der Waals surface area contributed by atoms with Crippen molar-refractivity contribution in [1.82, 2.24) is 4.90 Å². The molecule has 0 atom stereocenters. The number of rotatable bonds is 7. The Labute approximate surface area is 107 Å². The van der Waals surface area contributed by atoms with E-state index in [0.29, 0.717) is 0 Å². The van der Waals surface area contributed by atoms with Crippen molar-refractivity contribution in [3.05, 3.63) is 0 Å². The molecule has 0 spiro atoms. The van der Waals surface area contributed by atoms with E-state index < -0.39 is 33.0 Å². The van der Waals surface area contributed by atoms with Crippen LogP contribution in [-0.2, 0) is 19.4 Å². The quantitative estimate of drug-likeness (QED) is 0.622. The normalized spacial score (nSPS) is 12.7. The molecule has 0 unspecified atom stereocenters. The summed E-state index contributed by atoms with van der Waals surface area (Å²) in [4.78, 5) is 22.5. The SMILES string of the molecule is CC(C)(C)S(=O)(=O)CCN(CC(N)=O)CC(=O)O. The van der Waals surface area contributed by atoms with Crippen LogP contribution in [0.2, 0.25) is 0 Å². The van der Waals surface area contributed by atoms with Crippen LogP contribution in [0.15, 0.2) is 0 Å². The Morgan fingerprint density at radius 2 is 1.72 bits per heavy atom. The number of hydrogen-bond acceptors (Lipinski definition) is 5. The summed E-state index contributed by atoms with van der Waals surface area (Å²) in [5.41, 5.74) is 4.97. The molecule has 18 heavy (non-hydrogen) atoms. The number of primary amides is 1. The van der Waals surface area contributed by atoms with E-state index in [1.807, 2.05) is 0 Å². The molecule has 1 amide bonds. The van der Waals surface area contributed by atoms with Crippen LogP contribution in [0.4, 0.5) is 0 Å². The van der Waals surface area contributed by atoms with Crippen LogP contribution in [0.1, 0.15) is 20.8 Å². The third-order valence-corrected chi connectivity index (χ3v) is 4.93. The number of amides is 1. The Kier molecular flexibility index (Phi) is 5.75. The van der Waals surface area contributed by atoms with E-state index in [0.717, 1.165) is 0 Å². The van der Waals surface area contributed by atoms with Gasteiger partial charge in [0.2, 0.25) is 5.91 Å². The molecule has 0 aliphatic rings. The van der Waals surface area contributed by atoms with E-state index in [9.17, 15) is 18.0 Å². The van der Waals surface area contributed by atoms with Crippen LogP contribution < -0.4 is 5.73 Å². The molecule has 0 aromatic carbocycles. The number of nitrogens with two attached hydrogens (primary N) is 1. The van der Waals surface area contributed by atoms with Crippen molar-refractivity contribution >= 4 is 21.7 Å². The van der Waals surface area contributed by atoms with Gasteiger partial charge in [-0.25, -0.2) is 8.42 Å². The van der Waals surface area contributed by atoms with Gasteiger partial charge in [0, 0.05) is 6.54 Å². The van der Waals surface area contributed by atoms with Gasteiger partial charge in [0.1, 0.15) is 0 Å². The maximum Gasteiger partial charge on any atom is 0.317 e. The third kappa shape index (κ3) is 5.97. The Morgan fingerprint density at radius 3 is 2.06 bits per heavy atom. The van der Waals surface area contributed by atoms with Crippen LogP contribution in [0, 0.1) is 0 Å². The molecule has 0 aromatic rings. The smallest absolute Gasteiger partial charge is 0.317 e. The van der Waals surface area contributed by atoms with Gasteiger partial charge < -0.3 is 10.8 Å². The van der Waals surface area contributed by atoms with E-state index in [1.165, 1.54) is 4.90 Å². The van der Waals surface area contributed by atoms with Gasteiger partial charge >= 0.3 is 5.97 Å². The lowest BCUT2D eigenvalue weighted by molar-refractivity contribution is -0.138. The van der Waals surface area contributed by atoms with Crippen molar-refractivity contribution in [1.29, 1.82) is 0 Å². The summed E-state index contributed by atoms with van der Waals surface area (Å²) < 4.78 is 22.8. The minimum Gasteiger partial charge on any atom is -0.480 e. The number of carbonyl (C=O) groups excluding carboxylic acids is 1. The number of nitrogens with zero attached hydrogens (tertiary/aromatic N) is 1. The lowest BCUT2D eigenvalue weighted by Crippen LogP contribution is -2.42. The van der Waals surface area contributed by atoms with Gasteiger partial charge in [-0.3, -0.25) is 14.5 Å². The maximum atomic E-state index is 11.8. The van der Waals surface area contributed by atoms with Crippen molar-refractivity contribution in [2.24, 2.45) is 5.73 Å². The average molecular weight is 280 g/mol. The second kappa shape index (κ2) is 6.14. The molecule has 0 aliphatic carbocycles. The number of aliphatic carboxylic acids is 1. The molecule has 0 saturated carbocycles. The zero-order valence-corrected chi connectivity index (χ0v) is 11.7. The lowest BCUT2D eigenvalue weighted by atomic mass is 10.3. The second-order valence-corrected chi connectivity index (χ2v) is 7.86. The molecule has 0 saturated heterocycles. The number of hydrogen-bond donors (Lipinski definition) is 2. The lowest BCUT2D eigenvalue weighted by Gasteiger charge is -2.23. The molecule has 7 nitrogen and oxygen atoms in total. The van der Waals surface area contributed by atoms with Gasteiger partial charge in [0.15, 0.2) is 9.84 Å². The summed E-state index contributed by atoms with van der Waals surface area (Å²) in [5.74, 6) is -2.04. The predicted octanol–water partition coefficient (Wildman–Crippen LogP) is -0.928. The molecule has 106 valence electrons. The monoisotopic (exact) mass is 280 g/mol. The number of carboxylic acids is 1. The van der Waals surface area contributed by atoms with Crippen molar-refractivity contribution in [3.63, 3.8) is 0 Å². The maximum absolute atomic E-state index is 11.8. The molecule has 0 fully saturated rings. The first-order valence-electron chi connectivity index (χ1n) is 5.40. The molecule has 0 aromatic heterocycles. The average Bonchev–Trinajstić information content (AvgIpc) is 2.10. The standard InChI is InChI=1S/C10H20N2O5S/c1-10(2,3)18(16,17)5-4-12(6-8(11)13)7-9(14)15/h4-7H2,1-3H3,(H2,11,13)(H,14,15). The second-order valence-electron chi connectivity index (χ2n) is 5.00. The number of carboxylic acid groups (broad SMARTS) is 1. The van der Waals surface area contributed by atoms with Crippen molar-refractivity contribution < 1.29 is 23.1 Å². The topological polar surface area (TPSA) is 118 Å². The first-order chi connectivity index (χ1) is 7.95. The summed E-state index contributed by atoms with van der Waals surface area (Å²) in [5, 5.41) is 8.64. The first-order valence-corrected chi connectivity index (χ1v) is 7.05. The van der Waals surface area contributed by atoms with Gasteiger partial charge in [-0.05, 0) is 20.8 Å². The van der Waals surface area contributed by atoms with E-state index in [1.54, 1.807) is 20.8 Å². The van der Waals surface area contributed by atoms with Gasteiger partial charge in [0.05, 0.1) is 23.6 Å². The van der Waals surface area contributed by atoms with Crippen molar-refractivity contribution in [2.45, 2.75) is 25.5 Å². The van der Waals surface area contributed by atoms with E-state index >= 15 is 0 Å². The van der Waals surface area contributed by atoms with Gasteiger partial charge in [-0.2, -0.15) is 0 Å². The van der Waals surface area contributed by atoms with Crippen molar-refractivity contribution in [2.75, 3.05) is 25.4 Å². The van der Waals surface area contributed by atoms with E-state index in [2.05, 4.69) is 0 Å². The molecule has 0 radical (unpaired) electrons. The van der Waals surface area contributed by atoms with Crippen LogP contribution in [0.5, 0.6) is 0 Å². The van der Waals surface area contributed by atoms with Gasteiger partial charge in [-0.1, -0.05) is 0 Å². The van der Waals surface area contributed by atoms with Crippen LogP contribution in [-0.4, -0.2) is 60.4 Å². The highest BCUT2D eigenvalue weighted by Crippen LogP contribution is 2.15. The summed E-state index contributed by atoms with van der Waals surface area (Å²) in [6, 6.07) is 0. The van der Waals surface area contributed by atoms with Gasteiger partial charge in [0.25, 0.3) is 0 Å². The molecule has 3 N–H and O–H groups in total. The molecule has 0 heterocycles. The molecule has 0 rings (SSSR count). The van der Waals surface area contributed by atoms with Crippen LogP contribution in [0.3, 0.4) is 0 Å². The Bertz CT molecular complexity index is 394. The van der Waals surface area contributed by atoms with E-state index in [-0.39, 0.29) is 18.8 Å². The number of sulfone groups is 1. The third-order valence-electron chi connectivity index (χ3n) is 2.35. The molecular weight excluding hydrogens is 260 g/mol. The zero-order chi connectivity index (χ0) is 14.6. The molecule has 0 aliphatic heterocycles.